The van der Waals surface area contributed by atoms with Gasteiger partial charge in [0.25, 0.3) is 6.43 Å². The van der Waals surface area contributed by atoms with Crippen LogP contribution in [0.2, 0.25) is 0 Å². The van der Waals surface area contributed by atoms with Crippen molar-refractivity contribution in [3.05, 3.63) is 60.4 Å². The van der Waals surface area contributed by atoms with Gasteiger partial charge in [-0.15, -0.1) is 0 Å². The zero-order valence-electron chi connectivity index (χ0n) is 18.2. The van der Waals surface area contributed by atoms with Crippen molar-refractivity contribution < 1.29 is 23.4 Å². The minimum absolute atomic E-state index is 0.229. The number of aliphatic hydroxyl groups excluding tert-OH is 1. The number of hydrogen-bond donors (Lipinski definition) is 2. The van der Waals surface area contributed by atoms with E-state index in [0.29, 0.717) is 30.4 Å². The van der Waals surface area contributed by atoms with Gasteiger partial charge in [0.1, 0.15) is 30.0 Å². The zero-order valence-corrected chi connectivity index (χ0v) is 18.2. The summed E-state index contributed by atoms with van der Waals surface area (Å²) >= 11 is 0. The number of nitrogens with zero attached hydrogens (tertiary/aromatic N) is 5. The largest absolute Gasteiger partial charge is 0.489 e. The lowest BCUT2D eigenvalue weighted by Gasteiger charge is -2.17. The van der Waals surface area contributed by atoms with Crippen molar-refractivity contribution in [2.24, 2.45) is 0 Å². The van der Waals surface area contributed by atoms with E-state index in [0.717, 1.165) is 28.5 Å². The molecule has 0 unspecified atom stereocenters. The average Bonchev–Trinajstić information content (AvgIpc) is 3.43. The molecular formula is C23H22F2N6O3. The number of aliphatic hydroxyl groups is 1. The molecule has 4 aromatic heterocycles. The third kappa shape index (κ3) is 4.66. The van der Waals surface area contributed by atoms with Crippen molar-refractivity contribution in [2.75, 3.05) is 18.5 Å². The SMILES string of the molecule is Cc1cc(-c2ccn3nc(Nc4cnc(C(F)F)cn4)cc3c2)c(OC[C@H]2OCC[C@@H]2O)cn1. The minimum Gasteiger partial charge on any atom is -0.489 e. The Balaban J connectivity index is 1.38. The fourth-order valence-electron chi connectivity index (χ4n) is 3.73. The predicted octanol–water partition coefficient (Wildman–Crippen LogP) is 3.70. The normalized spacial score (nSPS) is 18.0. The van der Waals surface area contributed by atoms with Gasteiger partial charge in [0.2, 0.25) is 0 Å². The first-order chi connectivity index (χ1) is 16.5. The van der Waals surface area contributed by atoms with E-state index in [-0.39, 0.29) is 18.4 Å². The number of nitrogens with one attached hydrogen (secondary N) is 1. The topological polar surface area (TPSA) is 107 Å². The highest BCUT2D eigenvalue weighted by Crippen LogP contribution is 2.32. The van der Waals surface area contributed by atoms with E-state index in [2.05, 4.69) is 25.4 Å². The van der Waals surface area contributed by atoms with Gasteiger partial charge in [-0.3, -0.25) is 4.98 Å². The van der Waals surface area contributed by atoms with Gasteiger partial charge in [-0.2, -0.15) is 5.10 Å². The van der Waals surface area contributed by atoms with Crippen LogP contribution in [0.4, 0.5) is 20.4 Å². The van der Waals surface area contributed by atoms with Crippen LogP contribution >= 0.6 is 0 Å². The van der Waals surface area contributed by atoms with Gasteiger partial charge in [0.05, 0.1) is 30.2 Å². The Morgan fingerprint density at radius 2 is 2.06 bits per heavy atom. The van der Waals surface area contributed by atoms with Gasteiger partial charge in [-0.25, -0.2) is 23.3 Å². The molecule has 5 heterocycles. The van der Waals surface area contributed by atoms with Gasteiger partial charge in [0.15, 0.2) is 5.82 Å². The van der Waals surface area contributed by atoms with Gasteiger partial charge in [-0.05, 0) is 37.1 Å². The smallest absolute Gasteiger partial charge is 0.281 e. The predicted molar refractivity (Wildman–Crippen MR) is 119 cm³/mol. The molecule has 34 heavy (non-hydrogen) atoms. The molecule has 0 radical (unpaired) electrons. The molecule has 0 aromatic carbocycles. The van der Waals surface area contributed by atoms with Crippen LogP contribution in [0.15, 0.2) is 49.1 Å². The number of anilines is 2. The summed E-state index contributed by atoms with van der Waals surface area (Å²) in [6.45, 7) is 2.65. The number of fused-ring (bicyclic) bond motifs is 1. The highest BCUT2D eigenvalue weighted by Gasteiger charge is 2.27. The van der Waals surface area contributed by atoms with Crippen LogP contribution in [0, 0.1) is 6.92 Å². The Kier molecular flexibility index (Phi) is 6.03. The van der Waals surface area contributed by atoms with Crippen LogP contribution in [0.5, 0.6) is 5.75 Å². The summed E-state index contributed by atoms with van der Waals surface area (Å²) in [5.41, 5.74) is 3.00. The molecule has 9 nitrogen and oxygen atoms in total. The Labute approximate surface area is 193 Å². The second kappa shape index (κ2) is 9.27. The van der Waals surface area contributed by atoms with E-state index >= 15 is 0 Å². The summed E-state index contributed by atoms with van der Waals surface area (Å²) in [6, 6.07) is 7.60. The molecule has 2 N–H and O–H groups in total. The summed E-state index contributed by atoms with van der Waals surface area (Å²) in [5, 5.41) is 17.4. The first kappa shape index (κ1) is 22.1. The van der Waals surface area contributed by atoms with E-state index in [9.17, 15) is 13.9 Å². The fourth-order valence-corrected chi connectivity index (χ4v) is 3.73. The molecular weight excluding hydrogens is 446 g/mol. The number of alkyl halides is 2. The van der Waals surface area contributed by atoms with E-state index in [1.54, 1.807) is 10.7 Å². The quantitative estimate of drug-likeness (QED) is 0.423. The number of hydrogen-bond acceptors (Lipinski definition) is 8. The van der Waals surface area contributed by atoms with Gasteiger partial charge < -0.3 is 19.9 Å². The average molecular weight is 468 g/mol. The molecule has 0 bridgehead atoms. The molecule has 1 fully saturated rings. The molecule has 1 saturated heterocycles. The highest BCUT2D eigenvalue weighted by molar-refractivity contribution is 5.75. The maximum atomic E-state index is 12.7. The van der Waals surface area contributed by atoms with Crippen LogP contribution < -0.4 is 10.1 Å². The highest BCUT2D eigenvalue weighted by atomic mass is 19.3. The second-order valence-electron chi connectivity index (χ2n) is 7.96. The molecule has 0 aliphatic carbocycles. The lowest BCUT2D eigenvalue weighted by atomic mass is 10.1. The maximum absolute atomic E-state index is 12.7. The number of pyridine rings is 2. The minimum atomic E-state index is -2.67. The van der Waals surface area contributed by atoms with Gasteiger partial charge in [-0.1, -0.05) is 0 Å². The van der Waals surface area contributed by atoms with Crippen LogP contribution in [0.1, 0.15) is 24.2 Å². The second-order valence-corrected chi connectivity index (χ2v) is 7.96. The van der Waals surface area contributed by atoms with E-state index < -0.39 is 12.5 Å². The third-order valence-corrected chi connectivity index (χ3v) is 5.51. The van der Waals surface area contributed by atoms with Crippen molar-refractivity contribution in [1.29, 1.82) is 0 Å². The van der Waals surface area contributed by atoms with Crippen LogP contribution in [-0.2, 0) is 4.74 Å². The van der Waals surface area contributed by atoms with Crippen LogP contribution in [-0.4, -0.2) is 55.1 Å². The standard InChI is InChI=1S/C23H22F2N6O3/c1-13-6-16(19(10-26-13)34-12-20-18(32)3-5-33-20)14-2-4-31-15(7-14)8-21(30-31)29-22-11-27-17(9-28-22)23(24)25/h2,4,6-11,18,20,23,32H,3,5,12H2,1H3,(H,28,29,30)/t18-,20+/m0/s1. The van der Waals surface area contributed by atoms with Crippen molar-refractivity contribution in [3.8, 4) is 16.9 Å². The Bertz CT molecular complexity index is 1300. The number of aryl methyl sites for hydroxylation is 1. The van der Waals surface area contributed by atoms with Crippen molar-refractivity contribution >= 4 is 17.2 Å². The van der Waals surface area contributed by atoms with Gasteiger partial charge >= 0.3 is 0 Å². The lowest BCUT2D eigenvalue weighted by molar-refractivity contribution is 0.0110. The first-order valence-electron chi connectivity index (χ1n) is 10.7. The van der Waals surface area contributed by atoms with Crippen molar-refractivity contribution in [1.82, 2.24) is 24.6 Å². The molecule has 176 valence electrons. The molecule has 1 aliphatic rings. The summed E-state index contributed by atoms with van der Waals surface area (Å²) in [6.07, 6.45) is 2.78. The maximum Gasteiger partial charge on any atom is 0.281 e. The van der Waals surface area contributed by atoms with Crippen LogP contribution in [0.3, 0.4) is 0 Å². The molecule has 0 amide bonds. The first-order valence-corrected chi connectivity index (χ1v) is 10.7. The number of ether oxygens (including phenoxy) is 2. The summed E-state index contributed by atoms with van der Waals surface area (Å²) in [4.78, 5) is 12.0. The van der Waals surface area contributed by atoms with E-state index in [4.69, 9.17) is 9.47 Å². The van der Waals surface area contributed by atoms with Crippen molar-refractivity contribution in [3.63, 3.8) is 0 Å². The summed E-state index contributed by atoms with van der Waals surface area (Å²) < 4.78 is 38.5. The molecule has 2 atom stereocenters. The monoisotopic (exact) mass is 468 g/mol. The number of rotatable bonds is 7. The lowest BCUT2D eigenvalue weighted by Crippen LogP contribution is -2.28. The molecule has 1 aliphatic heterocycles. The van der Waals surface area contributed by atoms with E-state index in [1.165, 1.54) is 6.20 Å². The molecule has 5 rings (SSSR count). The molecule has 0 saturated carbocycles. The van der Waals surface area contributed by atoms with Gasteiger partial charge in [0, 0.05) is 30.1 Å². The van der Waals surface area contributed by atoms with E-state index in [1.807, 2.05) is 37.4 Å². The fraction of sp³-hybridized carbons (Fsp3) is 0.304. The number of halogens is 2. The van der Waals surface area contributed by atoms with Crippen molar-refractivity contribution in [2.45, 2.75) is 32.0 Å². The summed E-state index contributed by atoms with van der Waals surface area (Å²) in [5.74, 6) is 1.39. The van der Waals surface area contributed by atoms with Crippen LogP contribution in [0.25, 0.3) is 16.6 Å². The third-order valence-electron chi connectivity index (χ3n) is 5.51. The Hall–Kier alpha value is -3.70. The Morgan fingerprint density at radius 3 is 2.79 bits per heavy atom. The Morgan fingerprint density at radius 1 is 1.18 bits per heavy atom. The molecule has 0 spiro atoms. The molecule has 11 heteroatoms. The zero-order chi connectivity index (χ0) is 23.7. The summed E-state index contributed by atoms with van der Waals surface area (Å²) in [7, 11) is 0. The molecule has 4 aromatic rings. The number of aromatic nitrogens is 5.